The topological polar surface area (TPSA) is 46.9 Å². The first-order chi connectivity index (χ1) is 12.1. The van der Waals surface area contributed by atoms with Gasteiger partial charge in [-0.05, 0) is 30.0 Å². The van der Waals surface area contributed by atoms with Crippen LogP contribution in [-0.4, -0.2) is 15.7 Å². The highest BCUT2D eigenvalue weighted by atomic mass is 35.5. The number of benzene rings is 1. The minimum Gasteiger partial charge on any atom is -0.348 e. The molecule has 2 heterocycles. The highest BCUT2D eigenvalue weighted by molar-refractivity contribution is 7.09. The third-order valence-corrected chi connectivity index (χ3v) is 4.98. The number of nitrogens with one attached hydrogen (secondary N) is 1. The average Bonchev–Trinajstić information content (AvgIpc) is 3.22. The molecular weight excluding hydrogens is 354 g/mol. The molecule has 4 nitrogen and oxygen atoms in total. The third kappa shape index (κ3) is 4.59. The van der Waals surface area contributed by atoms with E-state index in [0.717, 1.165) is 21.7 Å². The summed E-state index contributed by atoms with van der Waals surface area (Å²) in [5, 5.41) is 9.85. The second-order valence-electron chi connectivity index (χ2n) is 5.56. The summed E-state index contributed by atoms with van der Waals surface area (Å²) in [6, 6.07) is 14.0. The van der Waals surface area contributed by atoms with Gasteiger partial charge in [-0.2, -0.15) is 5.10 Å². The predicted octanol–water partition coefficient (Wildman–Crippen LogP) is 4.28. The van der Waals surface area contributed by atoms with Crippen LogP contribution >= 0.6 is 22.9 Å². The monoisotopic (exact) mass is 371 g/mol. The van der Waals surface area contributed by atoms with E-state index in [4.69, 9.17) is 11.6 Å². The van der Waals surface area contributed by atoms with Gasteiger partial charge >= 0.3 is 0 Å². The van der Waals surface area contributed by atoms with Crippen LogP contribution in [0.15, 0.2) is 53.9 Å². The Morgan fingerprint density at radius 1 is 1.28 bits per heavy atom. The standard InChI is InChI=1S/C19H18ClN3OS/c1-14-17(9-10-18(24)21-12-16-8-5-11-25-16)19(20)23(22-14)13-15-6-3-2-4-7-15/h2-11H,12-13H2,1H3,(H,21,24)/b10-9+. The van der Waals surface area contributed by atoms with Crippen molar-refractivity contribution < 1.29 is 4.79 Å². The van der Waals surface area contributed by atoms with E-state index in [0.29, 0.717) is 18.2 Å². The van der Waals surface area contributed by atoms with Gasteiger partial charge in [0.15, 0.2) is 0 Å². The molecule has 0 fully saturated rings. The van der Waals surface area contributed by atoms with Crippen LogP contribution in [0, 0.1) is 6.92 Å². The lowest BCUT2D eigenvalue weighted by molar-refractivity contribution is -0.116. The van der Waals surface area contributed by atoms with Gasteiger partial charge < -0.3 is 5.32 Å². The van der Waals surface area contributed by atoms with E-state index in [2.05, 4.69) is 10.4 Å². The molecule has 0 aliphatic rings. The Balaban J connectivity index is 1.66. The minimum atomic E-state index is -0.153. The van der Waals surface area contributed by atoms with Gasteiger partial charge in [0.25, 0.3) is 0 Å². The molecule has 0 saturated heterocycles. The first-order valence-electron chi connectivity index (χ1n) is 7.88. The number of nitrogens with zero attached hydrogens (tertiary/aromatic N) is 2. The minimum absolute atomic E-state index is 0.153. The molecule has 0 aliphatic heterocycles. The van der Waals surface area contributed by atoms with Crippen molar-refractivity contribution in [2.75, 3.05) is 0 Å². The molecule has 0 radical (unpaired) electrons. The van der Waals surface area contributed by atoms with Crippen LogP contribution in [0.1, 0.15) is 21.7 Å². The molecule has 25 heavy (non-hydrogen) atoms. The van der Waals surface area contributed by atoms with Crippen LogP contribution in [0.4, 0.5) is 0 Å². The van der Waals surface area contributed by atoms with Crippen LogP contribution in [0.25, 0.3) is 6.08 Å². The normalized spacial score (nSPS) is 11.1. The summed E-state index contributed by atoms with van der Waals surface area (Å²) in [6.45, 7) is 3.01. The van der Waals surface area contributed by atoms with Gasteiger partial charge in [0.05, 0.1) is 18.8 Å². The van der Waals surface area contributed by atoms with Gasteiger partial charge in [0.2, 0.25) is 5.91 Å². The van der Waals surface area contributed by atoms with Gasteiger partial charge in [0.1, 0.15) is 5.15 Å². The summed E-state index contributed by atoms with van der Waals surface area (Å²) in [7, 11) is 0. The summed E-state index contributed by atoms with van der Waals surface area (Å²) < 4.78 is 1.75. The maximum atomic E-state index is 12.0. The van der Waals surface area contributed by atoms with Gasteiger partial charge in [-0.1, -0.05) is 48.0 Å². The van der Waals surface area contributed by atoms with Gasteiger partial charge in [-0.15, -0.1) is 11.3 Å². The quantitative estimate of drug-likeness (QED) is 0.657. The van der Waals surface area contributed by atoms with E-state index in [1.165, 1.54) is 6.08 Å². The van der Waals surface area contributed by atoms with Crippen LogP contribution in [0.3, 0.4) is 0 Å². The number of halogens is 1. The Labute approximate surface area is 155 Å². The van der Waals surface area contributed by atoms with Crippen molar-refractivity contribution in [1.82, 2.24) is 15.1 Å². The van der Waals surface area contributed by atoms with E-state index < -0.39 is 0 Å². The van der Waals surface area contributed by atoms with Crippen molar-refractivity contribution in [3.63, 3.8) is 0 Å². The zero-order chi connectivity index (χ0) is 17.6. The number of hydrogen-bond acceptors (Lipinski definition) is 3. The third-order valence-electron chi connectivity index (χ3n) is 3.70. The highest BCUT2D eigenvalue weighted by Crippen LogP contribution is 2.22. The Hall–Kier alpha value is -2.37. The number of carbonyl (C=O) groups excluding carboxylic acids is 1. The first kappa shape index (κ1) is 17.5. The summed E-state index contributed by atoms with van der Waals surface area (Å²) >= 11 is 8.06. The molecule has 3 aromatic rings. The van der Waals surface area contributed by atoms with Crippen molar-refractivity contribution in [2.45, 2.75) is 20.0 Å². The molecule has 1 N–H and O–H groups in total. The summed E-state index contributed by atoms with van der Waals surface area (Å²) in [5.74, 6) is -0.153. The Morgan fingerprint density at radius 2 is 2.08 bits per heavy atom. The second-order valence-corrected chi connectivity index (χ2v) is 6.95. The van der Waals surface area contributed by atoms with Crippen molar-refractivity contribution >= 4 is 34.9 Å². The Kier molecular flexibility index (Phi) is 5.68. The second kappa shape index (κ2) is 8.14. The lowest BCUT2D eigenvalue weighted by atomic mass is 10.2. The fourth-order valence-corrected chi connectivity index (χ4v) is 3.36. The van der Waals surface area contributed by atoms with E-state index >= 15 is 0 Å². The van der Waals surface area contributed by atoms with Crippen LogP contribution in [0.2, 0.25) is 5.15 Å². The van der Waals surface area contributed by atoms with Gasteiger partial charge in [0, 0.05) is 16.5 Å². The molecule has 6 heteroatoms. The van der Waals surface area contributed by atoms with Crippen molar-refractivity contribution in [1.29, 1.82) is 0 Å². The number of thiophene rings is 1. The maximum Gasteiger partial charge on any atom is 0.244 e. The van der Waals surface area contributed by atoms with E-state index in [1.54, 1.807) is 22.1 Å². The zero-order valence-corrected chi connectivity index (χ0v) is 15.3. The number of hydrogen-bond donors (Lipinski definition) is 1. The Morgan fingerprint density at radius 3 is 2.80 bits per heavy atom. The summed E-state index contributed by atoms with van der Waals surface area (Å²) in [4.78, 5) is 13.1. The van der Waals surface area contributed by atoms with Crippen molar-refractivity contribution in [2.24, 2.45) is 0 Å². The highest BCUT2D eigenvalue weighted by Gasteiger charge is 2.11. The first-order valence-corrected chi connectivity index (χ1v) is 9.14. The maximum absolute atomic E-state index is 12.0. The molecule has 2 aromatic heterocycles. The number of aryl methyl sites for hydroxylation is 1. The summed E-state index contributed by atoms with van der Waals surface area (Å²) in [6.07, 6.45) is 3.21. The molecule has 1 amide bonds. The van der Waals surface area contributed by atoms with Crippen LogP contribution < -0.4 is 5.32 Å². The smallest absolute Gasteiger partial charge is 0.244 e. The lowest BCUT2D eigenvalue weighted by Crippen LogP contribution is -2.19. The summed E-state index contributed by atoms with van der Waals surface area (Å²) in [5.41, 5.74) is 2.68. The average molecular weight is 372 g/mol. The van der Waals surface area contributed by atoms with Crippen molar-refractivity contribution in [3.8, 4) is 0 Å². The van der Waals surface area contributed by atoms with Crippen molar-refractivity contribution in [3.05, 3.63) is 80.8 Å². The predicted molar refractivity (Wildman–Crippen MR) is 103 cm³/mol. The molecule has 1 aromatic carbocycles. The molecule has 0 aliphatic carbocycles. The fourth-order valence-electron chi connectivity index (χ4n) is 2.42. The van der Waals surface area contributed by atoms with Crippen LogP contribution in [-0.2, 0) is 17.9 Å². The van der Waals surface area contributed by atoms with E-state index in [1.807, 2.05) is 54.8 Å². The number of aromatic nitrogens is 2. The number of amides is 1. The molecule has 0 spiro atoms. The Bertz CT molecular complexity index is 870. The molecule has 128 valence electrons. The van der Waals surface area contributed by atoms with E-state index in [-0.39, 0.29) is 5.91 Å². The molecule has 0 unspecified atom stereocenters. The molecule has 3 rings (SSSR count). The van der Waals surface area contributed by atoms with Crippen LogP contribution in [0.5, 0.6) is 0 Å². The van der Waals surface area contributed by atoms with Gasteiger partial charge in [-0.3, -0.25) is 4.79 Å². The molecule has 0 saturated carbocycles. The SMILES string of the molecule is Cc1nn(Cc2ccccc2)c(Cl)c1/C=C/C(=O)NCc1cccs1. The number of rotatable bonds is 6. The molecule has 0 bridgehead atoms. The van der Waals surface area contributed by atoms with Gasteiger partial charge in [-0.25, -0.2) is 4.68 Å². The largest absolute Gasteiger partial charge is 0.348 e. The molecular formula is C19H18ClN3OS. The number of carbonyl (C=O) groups is 1. The van der Waals surface area contributed by atoms with E-state index in [9.17, 15) is 4.79 Å². The fraction of sp³-hybridized carbons (Fsp3) is 0.158. The lowest BCUT2D eigenvalue weighted by Gasteiger charge is -2.03. The molecule has 0 atom stereocenters. The zero-order valence-electron chi connectivity index (χ0n) is 13.8.